The Morgan fingerprint density at radius 2 is 2.03 bits per heavy atom. The van der Waals surface area contributed by atoms with Gasteiger partial charge in [-0.3, -0.25) is 9.48 Å². The van der Waals surface area contributed by atoms with Gasteiger partial charge in [0.2, 0.25) is 0 Å². The number of thiazole rings is 1. The molecule has 1 atom stereocenters. The lowest BCUT2D eigenvalue weighted by atomic mass is 9.90. The molecule has 1 aliphatic heterocycles. The zero-order valence-electron chi connectivity index (χ0n) is 17.4. The van der Waals surface area contributed by atoms with Crippen LogP contribution in [0.25, 0.3) is 10.9 Å². The van der Waals surface area contributed by atoms with Gasteiger partial charge in [0.15, 0.2) is 15.6 Å². The van der Waals surface area contributed by atoms with E-state index in [9.17, 15) is 13.2 Å². The number of nitrogens with zero attached hydrogens (tertiary/aromatic N) is 3. The highest BCUT2D eigenvalue weighted by Crippen LogP contribution is 2.35. The number of halogens is 1. The number of benzene rings is 1. The van der Waals surface area contributed by atoms with Gasteiger partial charge >= 0.3 is 0 Å². The first-order chi connectivity index (χ1) is 15.4. The van der Waals surface area contributed by atoms with Crippen LogP contribution < -0.4 is 0 Å². The van der Waals surface area contributed by atoms with E-state index in [1.807, 2.05) is 0 Å². The van der Waals surface area contributed by atoms with Gasteiger partial charge in [0, 0.05) is 24.8 Å². The first-order valence-electron chi connectivity index (χ1n) is 10.8. The van der Waals surface area contributed by atoms with Gasteiger partial charge in [-0.15, -0.1) is 11.3 Å². The number of hydrogen-bond donors (Lipinski definition) is 0. The fourth-order valence-electron chi connectivity index (χ4n) is 4.25. The fraction of sp³-hybridized carbons (Fsp3) is 0.500. The average molecular weight is 494 g/mol. The molecule has 7 nitrogen and oxygen atoms in total. The van der Waals surface area contributed by atoms with E-state index >= 15 is 0 Å². The van der Waals surface area contributed by atoms with Gasteiger partial charge in [0.05, 0.1) is 28.3 Å². The highest BCUT2D eigenvalue weighted by molar-refractivity contribution is 7.92. The SMILES string of the molecule is O=C(Cc1ncc(Cl)s1)C(CC1CCOCC1)n1cc2cc(S(=O)(=O)C3CC3)ccc2n1. The first-order valence-corrected chi connectivity index (χ1v) is 13.6. The Hall–Kier alpha value is -1.81. The maximum Gasteiger partial charge on any atom is 0.181 e. The maximum absolute atomic E-state index is 13.3. The summed E-state index contributed by atoms with van der Waals surface area (Å²) in [5.74, 6) is 0.400. The summed E-state index contributed by atoms with van der Waals surface area (Å²) in [7, 11) is -3.28. The van der Waals surface area contributed by atoms with Gasteiger partial charge in [-0.25, -0.2) is 13.4 Å². The van der Waals surface area contributed by atoms with E-state index < -0.39 is 15.9 Å². The summed E-state index contributed by atoms with van der Waals surface area (Å²) in [4.78, 5) is 17.9. The fourth-order valence-corrected chi connectivity index (χ4v) is 6.91. The maximum atomic E-state index is 13.3. The molecule has 32 heavy (non-hydrogen) atoms. The van der Waals surface area contributed by atoms with E-state index in [-0.39, 0.29) is 17.5 Å². The average Bonchev–Trinajstić information content (AvgIpc) is 3.45. The van der Waals surface area contributed by atoms with E-state index in [1.165, 1.54) is 11.3 Å². The molecule has 170 valence electrons. The summed E-state index contributed by atoms with van der Waals surface area (Å²) < 4.78 is 33.0. The zero-order valence-corrected chi connectivity index (χ0v) is 19.8. The molecule has 3 heterocycles. The minimum Gasteiger partial charge on any atom is -0.381 e. The number of carbonyl (C=O) groups is 1. The van der Waals surface area contributed by atoms with Crippen LogP contribution in [0.15, 0.2) is 35.5 Å². The van der Waals surface area contributed by atoms with Crippen LogP contribution in [-0.4, -0.2) is 47.4 Å². The molecule has 1 saturated carbocycles. The Kier molecular flexibility index (Phi) is 6.09. The number of fused-ring (bicyclic) bond motifs is 1. The number of hydrogen-bond acceptors (Lipinski definition) is 7. The van der Waals surface area contributed by atoms with Crippen LogP contribution in [-0.2, 0) is 25.8 Å². The van der Waals surface area contributed by atoms with Gasteiger partial charge in [-0.2, -0.15) is 5.10 Å². The van der Waals surface area contributed by atoms with Gasteiger partial charge in [-0.05, 0) is 56.2 Å². The lowest BCUT2D eigenvalue weighted by molar-refractivity contribution is -0.122. The highest BCUT2D eigenvalue weighted by atomic mass is 35.5. The molecule has 1 aliphatic carbocycles. The highest BCUT2D eigenvalue weighted by Gasteiger charge is 2.37. The molecule has 2 fully saturated rings. The van der Waals surface area contributed by atoms with Crippen LogP contribution in [0.2, 0.25) is 4.34 Å². The van der Waals surface area contributed by atoms with E-state index in [0.717, 1.165) is 31.1 Å². The van der Waals surface area contributed by atoms with E-state index in [1.54, 1.807) is 35.3 Å². The van der Waals surface area contributed by atoms with Gasteiger partial charge in [0.25, 0.3) is 0 Å². The predicted molar refractivity (Wildman–Crippen MR) is 123 cm³/mol. The Labute approximate surface area is 195 Å². The predicted octanol–water partition coefficient (Wildman–Crippen LogP) is 4.25. The number of Topliss-reactive ketones (excluding diaryl/α,β-unsaturated/α-hetero) is 1. The van der Waals surface area contributed by atoms with Crippen LogP contribution in [0.3, 0.4) is 0 Å². The second-order valence-electron chi connectivity index (χ2n) is 8.58. The lowest BCUT2D eigenvalue weighted by Gasteiger charge is -2.26. The van der Waals surface area contributed by atoms with Crippen molar-refractivity contribution in [2.75, 3.05) is 13.2 Å². The monoisotopic (exact) mass is 493 g/mol. The molecule has 5 rings (SSSR count). The molecule has 2 aromatic heterocycles. The molecule has 1 saturated heterocycles. The minimum atomic E-state index is -3.28. The topological polar surface area (TPSA) is 91.1 Å². The molecule has 0 amide bonds. The molecule has 0 N–H and O–H groups in total. The van der Waals surface area contributed by atoms with Crippen molar-refractivity contribution in [3.63, 3.8) is 0 Å². The summed E-state index contributed by atoms with van der Waals surface area (Å²) in [5.41, 5.74) is 0.682. The summed E-state index contributed by atoms with van der Waals surface area (Å²) >= 11 is 7.30. The number of carbonyl (C=O) groups excluding carboxylic acids is 1. The minimum absolute atomic E-state index is 0.0288. The van der Waals surface area contributed by atoms with Crippen molar-refractivity contribution in [3.8, 4) is 0 Å². The number of ketones is 1. The van der Waals surface area contributed by atoms with Crippen LogP contribution in [0, 0.1) is 5.92 Å². The summed E-state index contributed by atoms with van der Waals surface area (Å²) in [6.45, 7) is 1.41. The Balaban J connectivity index is 1.45. The molecule has 0 radical (unpaired) electrons. The number of aromatic nitrogens is 3. The van der Waals surface area contributed by atoms with E-state index in [4.69, 9.17) is 16.3 Å². The molecular formula is C22H24ClN3O4S2. The summed E-state index contributed by atoms with van der Waals surface area (Å²) in [6.07, 6.45) is 7.51. The Morgan fingerprint density at radius 1 is 1.25 bits per heavy atom. The molecule has 1 aromatic carbocycles. The smallest absolute Gasteiger partial charge is 0.181 e. The normalized spacial score (nSPS) is 18.8. The van der Waals surface area contributed by atoms with E-state index in [2.05, 4.69) is 10.1 Å². The summed E-state index contributed by atoms with van der Waals surface area (Å²) in [6, 6.07) is 4.60. The molecule has 3 aromatic rings. The van der Waals surface area contributed by atoms with Crippen LogP contribution in [0.4, 0.5) is 0 Å². The van der Waals surface area contributed by atoms with Crippen molar-refractivity contribution < 1.29 is 17.9 Å². The second-order valence-corrected chi connectivity index (χ2v) is 12.6. The second kappa shape index (κ2) is 8.85. The standard InChI is InChI=1S/C22H24ClN3O4S2/c23-21-12-24-22(31-21)11-20(27)19(9-14-5-7-30-8-6-14)26-13-15-10-17(3-4-18(15)25-26)32(28,29)16-1-2-16/h3-4,10,12-14,16,19H,1-2,5-9,11H2. The zero-order chi connectivity index (χ0) is 22.3. The lowest BCUT2D eigenvalue weighted by Crippen LogP contribution is -2.27. The number of ether oxygens (including phenoxy) is 1. The molecule has 0 spiro atoms. The van der Waals surface area contributed by atoms with E-state index in [0.29, 0.717) is 45.3 Å². The third-order valence-electron chi connectivity index (χ3n) is 6.22. The van der Waals surface area contributed by atoms with Gasteiger partial charge < -0.3 is 4.74 Å². The molecule has 2 aliphatic rings. The van der Waals surface area contributed by atoms with Gasteiger partial charge in [0.1, 0.15) is 15.4 Å². The molecule has 10 heteroatoms. The quantitative estimate of drug-likeness (QED) is 0.466. The third-order valence-corrected chi connectivity index (χ3v) is 9.60. The van der Waals surface area contributed by atoms with Crippen molar-refractivity contribution in [3.05, 3.63) is 39.9 Å². The Morgan fingerprint density at radius 3 is 2.72 bits per heavy atom. The molecule has 1 unspecified atom stereocenters. The van der Waals surface area contributed by atoms with Crippen LogP contribution in [0.1, 0.15) is 43.2 Å². The largest absolute Gasteiger partial charge is 0.381 e. The van der Waals surface area contributed by atoms with Crippen molar-refractivity contribution >= 4 is 49.5 Å². The first kappa shape index (κ1) is 22.0. The summed E-state index contributed by atoms with van der Waals surface area (Å²) in [5, 5.41) is 5.81. The van der Waals surface area contributed by atoms with Crippen molar-refractivity contribution in [1.29, 1.82) is 0 Å². The third kappa shape index (κ3) is 4.62. The Bertz CT molecular complexity index is 1240. The van der Waals surface area contributed by atoms with Crippen molar-refractivity contribution in [2.24, 2.45) is 5.92 Å². The number of sulfone groups is 1. The molecule has 0 bridgehead atoms. The van der Waals surface area contributed by atoms with Crippen LogP contribution >= 0.6 is 22.9 Å². The van der Waals surface area contributed by atoms with Gasteiger partial charge in [-0.1, -0.05) is 11.6 Å². The molecular weight excluding hydrogens is 470 g/mol. The van der Waals surface area contributed by atoms with Crippen molar-refractivity contribution in [2.45, 2.75) is 54.7 Å². The number of rotatable bonds is 8. The van der Waals surface area contributed by atoms with Crippen LogP contribution in [0.5, 0.6) is 0 Å². The van der Waals surface area contributed by atoms with Crippen molar-refractivity contribution in [1.82, 2.24) is 14.8 Å².